The van der Waals surface area contributed by atoms with Gasteiger partial charge in [-0.25, -0.2) is 4.98 Å². The number of pyridine rings is 1. The molecule has 1 aliphatic carbocycles. The molecule has 4 aliphatic heterocycles. The van der Waals surface area contributed by atoms with Crippen LogP contribution >= 0.6 is 22.3 Å². The Balaban J connectivity index is 1.21. The summed E-state index contributed by atoms with van der Waals surface area (Å²) >= 11 is 6.50. The molecule has 1 amide bonds. The molecule has 2 bridgehead atoms. The molecule has 1 aromatic carbocycles. The number of fused-ring (bicyclic) bond motifs is 3. The fraction of sp³-hybridized carbons (Fsp3) is 0.625. The number of nitrogens with zero attached hydrogens (tertiary/aromatic N) is 4. The van der Waals surface area contributed by atoms with Crippen LogP contribution in [0.2, 0.25) is 5.02 Å². The Morgan fingerprint density at radius 1 is 1.08 bits per heavy atom. The Morgan fingerprint density at radius 3 is 2.78 bits per heavy atom. The number of benzene rings is 1. The zero-order valence-electron chi connectivity index (χ0n) is 30.2. The van der Waals surface area contributed by atoms with Gasteiger partial charge >= 0.3 is 0 Å². The second kappa shape index (κ2) is 16.1. The zero-order valence-corrected chi connectivity index (χ0v) is 31.8. The lowest BCUT2D eigenvalue weighted by molar-refractivity contribution is -0.0492. The molecule has 7 rings (SSSR count). The van der Waals surface area contributed by atoms with Crippen molar-refractivity contribution in [3.05, 3.63) is 64.3 Å². The van der Waals surface area contributed by atoms with Gasteiger partial charge in [0.15, 0.2) is 11.6 Å². The molecule has 272 valence electrons. The predicted molar refractivity (Wildman–Crippen MR) is 207 cm³/mol. The second-order valence-electron chi connectivity index (χ2n) is 15.4. The number of ether oxygens (including phenoxy) is 2. The first-order valence-electron chi connectivity index (χ1n) is 19.0. The van der Waals surface area contributed by atoms with E-state index < -0.39 is 10.7 Å². The van der Waals surface area contributed by atoms with Gasteiger partial charge in [0.25, 0.3) is 5.91 Å². The van der Waals surface area contributed by atoms with Crippen LogP contribution in [0.15, 0.2) is 42.5 Å². The van der Waals surface area contributed by atoms with Gasteiger partial charge in [0.05, 0.1) is 19.8 Å². The zero-order chi connectivity index (χ0) is 34.8. The molecule has 0 spiro atoms. The summed E-state index contributed by atoms with van der Waals surface area (Å²) in [7, 11) is -0.544. The number of nitrogens with one attached hydrogen (secondary N) is 1. The molecule has 5 aliphatic rings. The first-order valence-corrected chi connectivity index (χ1v) is 20.8. The minimum Gasteiger partial charge on any atom is -0.489 e. The van der Waals surface area contributed by atoms with Gasteiger partial charge in [-0.1, -0.05) is 73.6 Å². The molecule has 50 heavy (non-hydrogen) atoms. The highest BCUT2D eigenvalue weighted by Gasteiger charge is 2.40. The van der Waals surface area contributed by atoms with Crippen LogP contribution in [0.5, 0.6) is 5.75 Å². The van der Waals surface area contributed by atoms with Gasteiger partial charge in [-0.15, -0.1) is 0 Å². The molecule has 8 atom stereocenters. The monoisotopic (exact) mass is 721 g/mol. The third-order valence-corrected chi connectivity index (χ3v) is 14.2. The number of aryl methyl sites for hydroxylation is 1. The van der Waals surface area contributed by atoms with E-state index in [0.717, 1.165) is 94.9 Å². The highest BCUT2D eigenvalue weighted by molar-refractivity contribution is 8.13. The average Bonchev–Trinajstić information content (AvgIpc) is 3.28. The molecule has 1 saturated carbocycles. The number of carbonyl (C=O) groups is 1. The van der Waals surface area contributed by atoms with Gasteiger partial charge in [0.2, 0.25) is 0 Å². The van der Waals surface area contributed by atoms with Crippen molar-refractivity contribution in [2.24, 2.45) is 23.7 Å². The summed E-state index contributed by atoms with van der Waals surface area (Å²) in [4.78, 5) is 26.5. The molecule has 8 nitrogen and oxygen atoms in total. The number of halogens is 1. The molecule has 3 fully saturated rings. The molecular formula is C40H56ClN5O3S. The van der Waals surface area contributed by atoms with Crippen molar-refractivity contribution in [1.29, 1.82) is 0 Å². The van der Waals surface area contributed by atoms with Crippen LogP contribution in [0, 0.1) is 23.7 Å². The fourth-order valence-corrected chi connectivity index (χ4v) is 10.2. The number of allylic oxidation sites excluding steroid dienone is 1. The number of hydrogen-bond acceptors (Lipinski definition) is 7. The average molecular weight is 722 g/mol. The largest absolute Gasteiger partial charge is 0.489 e. The Kier molecular flexibility index (Phi) is 11.6. The molecule has 5 heterocycles. The maximum Gasteiger partial charge on any atom is 0.279 e. The normalized spacial score (nSPS) is 33.2. The van der Waals surface area contributed by atoms with E-state index in [9.17, 15) is 4.79 Å². The summed E-state index contributed by atoms with van der Waals surface area (Å²) in [5.74, 6) is 7.95. The molecule has 2 aromatic rings. The number of rotatable bonds is 5. The van der Waals surface area contributed by atoms with Gasteiger partial charge in [-0.3, -0.25) is 14.6 Å². The third-order valence-electron chi connectivity index (χ3n) is 12.2. The number of amides is 1. The van der Waals surface area contributed by atoms with E-state index in [4.69, 9.17) is 26.1 Å². The van der Waals surface area contributed by atoms with E-state index in [1.807, 2.05) is 18.2 Å². The smallest absolute Gasteiger partial charge is 0.279 e. The Hall–Kier alpha value is -2.43. The Morgan fingerprint density at radius 2 is 1.96 bits per heavy atom. The van der Waals surface area contributed by atoms with E-state index in [1.165, 1.54) is 24.0 Å². The number of hydrogen-bond donors (Lipinski definition) is 1. The minimum absolute atomic E-state index is 0.155. The number of morpholine rings is 1. The number of aromatic nitrogens is 1. The quantitative estimate of drug-likeness (QED) is 0.274. The minimum atomic E-state index is -0.544. The fourth-order valence-electron chi connectivity index (χ4n) is 8.79. The van der Waals surface area contributed by atoms with Crippen LogP contribution < -0.4 is 14.4 Å². The number of anilines is 1. The van der Waals surface area contributed by atoms with Crippen LogP contribution in [-0.4, -0.2) is 103 Å². The molecular weight excluding hydrogens is 666 g/mol. The van der Waals surface area contributed by atoms with E-state index in [0.29, 0.717) is 42.0 Å². The maximum absolute atomic E-state index is 13.6. The molecule has 1 aromatic heterocycles. The maximum atomic E-state index is 13.6. The molecule has 8 unspecified atom stereocenters. The first-order chi connectivity index (χ1) is 24.3. The summed E-state index contributed by atoms with van der Waals surface area (Å²) in [6.45, 7) is 16.2. The van der Waals surface area contributed by atoms with Crippen LogP contribution in [0.3, 0.4) is 0 Å². The summed E-state index contributed by atoms with van der Waals surface area (Å²) < 4.78 is 15.7. The van der Waals surface area contributed by atoms with Crippen molar-refractivity contribution in [2.75, 3.05) is 70.5 Å². The van der Waals surface area contributed by atoms with Gasteiger partial charge in [-0.2, -0.15) is 0 Å². The highest BCUT2D eigenvalue weighted by Crippen LogP contribution is 2.44. The van der Waals surface area contributed by atoms with Crippen molar-refractivity contribution >= 4 is 39.9 Å². The van der Waals surface area contributed by atoms with Crippen LogP contribution in [0.1, 0.15) is 74.0 Å². The number of piperazine rings is 1. The standard InChI is InChI=1S/C40H56ClN5O3S/c1-5-7-29-20-33(41)11-13-35(29)32-23-46-22-31-10-12-36(31)30(21-44-16-17-45-18-19-48-26-34(45)24-44)9-6-8-27(2)28(3)50(4)43-40(47)37-14-15-38(49-25-32)39(46)42-37/h6,9,11,13-15,20,27-28,30-32,34,36H,4-5,7-8,10,12,16-19,21-26H2,1-3H3,(H,43,47)/b9-6+. The SMILES string of the molecule is C=S1NC(=O)c2ccc3c(n2)N(CC(c2ccc(Cl)cc2CCC)CO3)CC2CCC2C(CN2CCN3CCOCC3C2)/C=C/CC(C)C1C. The number of carbonyl (C=O) groups excluding carboxylic acids is 1. The molecule has 2 saturated heterocycles. The molecule has 0 radical (unpaired) electrons. The van der Waals surface area contributed by atoms with Crippen molar-refractivity contribution in [2.45, 2.75) is 70.1 Å². The van der Waals surface area contributed by atoms with Crippen LogP contribution in [0.4, 0.5) is 5.82 Å². The highest BCUT2D eigenvalue weighted by atomic mass is 35.5. The Bertz CT molecular complexity index is 1570. The lowest BCUT2D eigenvalue weighted by Gasteiger charge is -2.48. The molecule has 10 heteroatoms. The van der Waals surface area contributed by atoms with Gasteiger partial charge in [-0.05, 0) is 84.7 Å². The van der Waals surface area contributed by atoms with Crippen molar-refractivity contribution in [3.63, 3.8) is 0 Å². The third kappa shape index (κ3) is 7.97. The molecule has 1 N–H and O–H groups in total. The van der Waals surface area contributed by atoms with Gasteiger partial charge in [0, 0.05) is 68.0 Å². The van der Waals surface area contributed by atoms with Crippen LogP contribution in [0.25, 0.3) is 0 Å². The van der Waals surface area contributed by atoms with Crippen molar-refractivity contribution < 1.29 is 14.3 Å². The topological polar surface area (TPSA) is 70.2 Å². The van der Waals surface area contributed by atoms with E-state index >= 15 is 0 Å². The lowest BCUT2D eigenvalue weighted by Crippen LogP contribution is -2.59. The van der Waals surface area contributed by atoms with Gasteiger partial charge < -0.3 is 19.1 Å². The second-order valence-corrected chi connectivity index (χ2v) is 17.7. The summed E-state index contributed by atoms with van der Waals surface area (Å²) in [5.41, 5.74) is 3.02. The van der Waals surface area contributed by atoms with E-state index in [2.05, 4.69) is 70.3 Å². The van der Waals surface area contributed by atoms with Crippen LogP contribution in [-0.2, 0) is 11.2 Å². The first kappa shape index (κ1) is 36.0. The van der Waals surface area contributed by atoms with Crippen molar-refractivity contribution in [3.8, 4) is 5.75 Å². The Labute approximate surface area is 307 Å². The predicted octanol–water partition coefficient (Wildman–Crippen LogP) is 6.66. The van der Waals surface area contributed by atoms with E-state index in [1.54, 1.807) is 0 Å². The lowest BCUT2D eigenvalue weighted by atomic mass is 9.66. The summed E-state index contributed by atoms with van der Waals surface area (Å²) in [5, 5.41) is 1.02. The summed E-state index contributed by atoms with van der Waals surface area (Å²) in [6, 6.07) is 10.6. The summed E-state index contributed by atoms with van der Waals surface area (Å²) in [6.07, 6.45) is 10.5. The van der Waals surface area contributed by atoms with E-state index in [-0.39, 0.29) is 17.1 Å². The van der Waals surface area contributed by atoms with Gasteiger partial charge in [0.1, 0.15) is 5.69 Å². The van der Waals surface area contributed by atoms with Crippen molar-refractivity contribution in [1.82, 2.24) is 19.5 Å².